The molecule has 1 fully saturated rings. The van der Waals surface area contributed by atoms with Crippen molar-refractivity contribution < 1.29 is 34.5 Å². The van der Waals surface area contributed by atoms with Gasteiger partial charge < -0.3 is 25.8 Å². The summed E-state index contributed by atoms with van der Waals surface area (Å²) in [7, 11) is 1.00. The van der Waals surface area contributed by atoms with Gasteiger partial charge in [-0.15, -0.1) is 0 Å². The van der Waals surface area contributed by atoms with Crippen molar-refractivity contribution >= 4 is 24.6 Å². The van der Waals surface area contributed by atoms with E-state index in [2.05, 4.69) is 36.9 Å². The lowest BCUT2D eigenvalue weighted by Gasteiger charge is -2.33. The third-order valence-electron chi connectivity index (χ3n) is 5.35. The van der Waals surface area contributed by atoms with Crippen molar-refractivity contribution in [3.63, 3.8) is 0 Å². The Morgan fingerprint density at radius 2 is 1.44 bits per heavy atom. The molecule has 11 nitrogen and oxygen atoms in total. The van der Waals surface area contributed by atoms with Crippen LogP contribution in [0.15, 0.2) is 24.3 Å². The zero-order valence-corrected chi connectivity index (χ0v) is 20.0. The molecular formula is C23H38N4O7. The van der Waals surface area contributed by atoms with Crippen LogP contribution in [0.5, 0.6) is 0 Å². The minimum Gasteiger partial charge on any atom is -0.480 e. The van der Waals surface area contributed by atoms with Gasteiger partial charge >= 0.3 is 11.9 Å². The maximum absolute atomic E-state index is 11.5. The summed E-state index contributed by atoms with van der Waals surface area (Å²) in [6.45, 7) is 4.72. The van der Waals surface area contributed by atoms with Crippen molar-refractivity contribution in [1.29, 1.82) is 0 Å². The molecule has 1 aromatic carbocycles. The number of aliphatic hydroxyl groups excluding tert-OH is 1. The SMILES string of the molecule is CCc1ccc(CC2CN(CC=O)CCN(CC(=O)O)CCN2CC(=O)O)cc1.CO.NC=O. The lowest BCUT2D eigenvalue weighted by atomic mass is 10.0. The normalized spacial score (nSPS) is 17.4. The number of amides is 1. The smallest absolute Gasteiger partial charge is 0.317 e. The molecule has 1 saturated heterocycles. The summed E-state index contributed by atoms with van der Waals surface area (Å²) in [5.74, 6) is -1.83. The number of nitrogens with zero attached hydrogens (tertiary/aromatic N) is 3. The lowest BCUT2D eigenvalue weighted by molar-refractivity contribution is -0.140. The van der Waals surface area contributed by atoms with E-state index in [-0.39, 0.29) is 32.1 Å². The Labute approximate surface area is 200 Å². The summed E-state index contributed by atoms with van der Waals surface area (Å²) in [5.41, 5.74) is 6.53. The molecule has 1 aliphatic rings. The summed E-state index contributed by atoms with van der Waals surface area (Å²) in [6, 6.07) is 8.24. The summed E-state index contributed by atoms with van der Waals surface area (Å²) in [6.07, 6.45) is 2.72. The average Bonchev–Trinajstić information content (AvgIpc) is 2.87. The van der Waals surface area contributed by atoms with Crippen molar-refractivity contribution in [1.82, 2.24) is 14.7 Å². The zero-order chi connectivity index (χ0) is 25.9. The van der Waals surface area contributed by atoms with Gasteiger partial charge in [0.25, 0.3) is 0 Å². The molecule has 0 aromatic heterocycles. The van der Waals surface area contributed by atoms with Gasteiger partial charge in [-0.05, 0) is 24.0 Å². The summed E-state index contributed by atoms with van der Waals surface area (Å²) >= 11 is 0. The molecule has 0 spiro atoms. The van der Waals surface area contributed by atoms with Gasteiger partial charge in [0.2, 0.25) is 6.41 Å². The molecule has 0 radical (unpaired) electrons. The van der Waals surface area contributed by atoms with E-state index in [1.165, 1.54) is 5.56 Å². The van der Waals surface area contributed by atoms with Crippen molar-refractivity contribution in [2.24, 2.45) is 5.73 Å². The number of aryl methyl sites for hydroxylation is 1. The molecule has 1 unspecified atom stereocenters. The predicted molar refractivity (Wildman–Crippen MR) is 127 cm³/mol. The predicted octanol–water partition coefficient (Wildman–Crippen LogP) is -0.842. The van der Waals surface area contributed by atoms with E-state index in [4.69, 9.17) is 15.0 Å². The number of carboxylic acids is 2. The Kier molecular flexibility index (Phi) is 17.0. The van der Waals surface area contributed by atoms with Crippen molar-refractivity contribution in [2.75, 3.05) is 59.5 Å². The van der Waals surface area contributed by atoms with Crippen LogP contribution in [0.4, 0.5) is 0 Å². The summed E-state index contributed by atoms with van der Waals surface area (Å²) in [5, 5.41) is 25.6. The fraction of sp³-hybridized carbons (Fsp3) is 0.565. The molecule has 1 amide bonds. The van der Waals surface area contributed by atoms with E-state index < -0.39 is 11.9 Å². The molecule has 2 rings (SSSR count). The van der Waals surface area contributed by atoms with Crippen LogP contribution in [0, 0.1) is 0 Å². The molecule has 1 heterocycles. The van der Waals surface area contributed by atoms with Crippen LogP contribution in [0.25, 0.3) is 0 Å². The highest BCUT2D eigenvalue weighted by Gasteiger charge is 2.27. The number of hydrogen-bond acceptors (Lipinski definition) is 8. The number of carboxylic acid groups (broad SMARTS) is 2. The fourth-order valence-electron chi connectivity index (χ4n) is 3.73. The molecule has 0 aliphatic carbocycles. The molecule has 0 saturated carbocycles. The first-order chi connectivity index (χ1) is 16.3. The maximum Gasteiger partial charge on any atom is 0.317 e. The molecular weight excluding hydrogens is 444 g/mol. The molecule has 11 heteroatoms. The van der Waals surface area contributed by atoms with E-state index in [0.717, 1.165) is 25.4 Å². The first-order valence-electron chi connectivity index (χ1n) is 11.1. The van der Waals surface area contributed by atoms with Gasteiger partial charge in [-0.1, -0.05) is 31.2 Å². The van der Waals surface area contributed by atoms with Gasteiger partial charge in [-0.3, -0.25) is 29.1 Å². The Morgan fingerprint density at radius 3 is 1.94 bits per heavy atom. The van der Waals surface area contributed by atoms with Crippen LogP contribution in [0.3, 0.4) is 0 Å². The van der Waals surface area contributed by atoms with Gasteiger partial charge in [0.05, 0.1) is 19.6 Å². The monoisotopic (exact) mass is 482 g/mol. The van der Waals surface area contributed by atoms with E-state index >= 15 is 0 Å². The second-order valence-electron chi connectivity index (χ2n) is 7.62. The van der Waals surface area contributed by atoms with Gasteiger partial charge in [0, 0.05) is 45.9 Å². The number of rotatable bonds is 9. The number of carbonyl (C=O) groups excluding carboxylic acids is 2. The molecule has 192 valence electrons. The first-order valence-corrected chi connectivity index (χ1v) is 11.1. The minimum absolute atomic E-state index is 0.0803. The van der Waals surface area contributed by atoms with Crippen LogP contribution in [0.1, 0.15) is 18.1 Å². The van der Waals surface area contributed by atoms with Gasteiger partial charge in [-0.2, -0.15) is 0 Å². The largest absolute Gasteiger partial charge is 0.480 e. The van der Waals surface area contributed by atoms with Crippen LogP contribution in [-0.2, 0) is 32.0 Å². The Balaban J connectivity index is 0.00000201. The zero-order valence-electron chi connectivity index (χ0n) is 20.0. The highest BCUT2D eigenvalue weighted by atomic mass is 16.4. The summed E-state index contributed by atoms with van der Waals surface area (Å²) < 4.78 is 0. The third-order valence-corrected chi connectivity index (χ3v) is 5.35. The highest BCUT2D eigenvalue weighted by Crippen LogP contribution is 2.14. The number of carbonyl (C=O) groups is 4. The Morgan fingerprint density at radius 1 is 0.941 bits per heavy atom. The minimum atomic E-state index is -0.915. The van der Waals surface area contributed by atoms with E-state index in [9.17, 15) is 19.5 Å². The number of aliphatic carboxylic acids is 2. The fourth-order valence-corrected chi connectivity index (χ4v) is 3.73. The lowest BCUT2D eigenvalue weighted by Crippen LogP contribution is -2.48. The number of primary amides is 1. The van der Waals surface area contributed by atoms with Crippen LogP contribution >= 0.6 is 0 Å². The molecule has 5 N–H and O–H groups in total. The maximum atomic E-state index is 11.5. The van der Waals surface area contributed by atoms with Crippen molar-refractivity contribution in [3.8, 4) is 0 Å². The number of hydrogen-bond donors (Lipinski definition) is 4. The molecule has 1 atom stereocenters. The van der Waals surface area contributed by atoms with E-state index in [1.54, 1.807) is 4.90 Å². The third kappa shape index (κ3) is 13.0. The molecule has 1 aliphatic heterocycles. The van der Waals surface area contributed by atoms with Crippen LogP contribution < -0.4 is 5.73 Å². The van der Waals surface area contributed by atoms with E-state index in [1.807, 2.05) is 9.80 Å². The average molecular weight is 483 g/mol. The Bertz CT molecular complexity index is 731. The first kappa shape index (κ1) is 31.1. The van der Waals surface area contributed by atoms with Gasteiger partial charge in [-0.25, -0.2) is 0 Å². The van der Waals surface area contributed by atoms with Gasteiger partial charge in [0.1, 0.15) is 6.29 Å². The molecule has 34 heavy (non-hydrogen) atoms. The van der Waals surface area contributed by atoms with Crippen LogP contribution in [-0.4, -0.2) is 120 Å². The number of aliphatic hydroxyl groups is 1. The van der Waals surface area contributed by atoms with Crippen molar-refractivity contribution in [2.45, 2.75) is 25.8 Å². The van der Waals surface area contributed by atoms with Crippen molar-refractivity contribution in [3.05, 3.63) is 35.4 Å². The quantitative estimate of drug-likeness (QED) is 0.326. The number of aldehydes is 1. The standard InChI is InChI=1S/C21H31N3O5.CH3NO.CH4O/c1-2-17-3-5-18(6-4-17)13-19-14-23(11-12-25)8-7-22(15-20(26)27)9-10-24(19)16-21(28)29;2-1-3;1-2/h3-6,12,19H,2,7-11,13-16H2,1H3,(H,26,27)(H,28,29);1H,(H2,2,3);2H,1H3. The van der Waals surface area contributed by atoms with Gasteiger partial charge in [0.15, 0.2) is 0 Å². The van der Waals surface area contributed by atoms with Crippen LogP contribution in [0.2, 0.25) is 0 Å². The van der Waals surface area contributed by atoms with E-state index in [0.29, 0.717) is 39.1 Å². The second kappa shape index (κ2) is 18.6. The topological polar surface area (TPSA) is 165 Å². The number of benzene rings is 1. The number of nitrogens with two attached hydrogens (primary N) is 1. The Hall–Kier alpha value is -2.86. The molecule has 1 aromatic rings. The second-order valence-corrected chi connectivity index (χ2v) is 7.62. The summed E-state index contributed by atoms with van der Waals surface area (Å²) in [4.78, 5) is 48.0. The molecule has 0 bridgehead atoms. The highest BCUT2D eigenvalue weighted by molar-refractivity contribution is 5.69.